The van der Waals surface area contributed by atoms with Gasteiger partial charge in [-0.05, 0) is 91.6 Å². The number of carbonyl (C=O) groups excluding carboxylic acids is 3. The van der Waals surface area contributed by atoms with Crippen molar-refractivity contribution in [1.29, 1.82) is 0 Å². The summed E-state index contributed by atoms with van der Waals surface area (Å²) in [6.45, 7) is 7.19. The number of unbranched alkanes of at least 4 members (excludes halogenated alkanes) is 8. The molecular formula is C40H50O8. The lowest BCUT2D eigenvalue weighted by molar-refractivity contribution is -0.135. The third-order valence-electron chi connectivity index (χ3n) is 8.59. The standard InChI is InChI=1S/C40H50O8/c1-4-7-9-11-12-14-28-44-32-20-16-30(17-21-32)38(41)45-33-22-18-31(19-23-33)39(42)46-34-24-26-35(27-25-34)47-40(43)37-36(48-37)29(6-3)15-13-10-8-5-2/h16-27,29,36-37H,4-15,28H2,1-3H3/t29?,36-,37+/m0/s1. The molecule has 4 rings (SSSR count). The second-order valence-corrected chi connectivity index (χ2v) is 12.4. The summed E-state index contributed by atoms with van der Waals surface area (Å²) in [5.41, 5.74) is 0.682. The monoisotopic (exact) mass is 658 g/mol. The molecule has 0 amide bonds. The van der Waals surface area contributed by atoms with E-state index in [0.29, 0.717) is 41.1 Å². The summed E-state index contributed by atoms with van der Waals surface area (Å²) >= 11 is 0. The number of ether oxygens (including phenoxy) is 5. The molecule has 258 valence electrons. The van der Waals surface area contributed by atoms with Crippen molar-refractivity contribution in [2.24, 2.45) is 5.92 Å². The van der Waals surface area contributed by atoms with Gasteiger partial charge in [-0.1, -0.05) is 85.0 Å². The van der Waals surface area contributed by atoms with Crippen LogP contribution in [0.15, 0.2) is 72.8 Å². The van der Waals surface area contributed by atoms with E-state index in [0.717, 1.165) is 32.1 Å². The van der Waals surface area contributed by atoms with Gasteiger partial charge in [-0.25, -0.2) is 14.4 Å². The van der Waals surface area contributed by atoms with Gasteiger partial charge in [0.15, 0.2) is 6.10 Å². The molecule has 0 radical (unpaired) electrons. The Bertz CT molecular complexity index is 1420. The maximum absolute atomic E-state index is 12.7. The predicted octanol–water partition coefficient (Wildman–Crippen LogP) is 9.53. The molecule has 0 spiro atoms. The van der Waals surface area contributed by atoms with Crippen molar-refractivity contribution in [3.8, 4) is 23.0 Å². The summed E-state index contributed by atoms with van der Waals surface area (Å²) in [6, 6.07) is 19.3. The number of hydrogen-bond donors (Lipinski definition) is 0. The first-order valence-corrected chi connectivity index (χ1v) is 17.7. The molecule has 1 aliphatic rings. The highest BCUT2D eigenvalue weighted by atomic mass is 16.6. The van der Waals surface area contributed by atoms with Crippen molar-refractivity contribution in [2.75, 3.05) is 6.61 Å². The average molecular weight is 659 g/mol. The van der Waals surface area contributed by atoms with Crippen LogP contribution in [-0.4, -0.2) is 36.7 Å². The van der Waals surface area contributed by atoms with Crippen LogP contribution in [0.2, 0.25) is 0 Å². The van der Waals surface area contributed by atoms with Crippen molar-refractivity contribution in [2.45, 2.75) is 110 Å². The van der Waals surface area contributed by atoms with Crippen LogP contribution in [0.1, 0.15) is 119 Å². The van der Waals surface area contributed by atoms with E-state index in [9.17, 15) is 14.4 Å². The van der Waals surface area contributed by atoms with Gasteiger partial charge in [0.05, 0.1) is 23.8 Å². The number of epoxide rings is 1. The molecule has 1 unspecified atom stereocenters. The molecule has 0 N–H and O–H groups in total. The lowest BCUT2D eigenvalue weighted by Crippen LogP contribution is -2.20. The van der Waals surface area contributed by atoms with Crippen LogP contribution in [0.25, 0.3) is 0 Å². The molecular weight excluding hydrogens is 608 g/mol. The number of hydrogen-bond acceptors (Lipinski definition) is 8. The number of benzene rings is 3. The third kappa shape index (κ3) is 11.8. The number of esters is 3. The summed E-state index contributed by atoms with van der Waals surface area (Å²) in [7, 11) is 0. The highest BCUT2D eigenvalue weighted by molar-refractivity contribution is 5.92. The Balaban J connectivity index is 1.17. The van der Waals surface area contributed by atoms with Crippen LogP contribution in [0.5, 0.6) is 23.0 Å². The lowest BCUT2D eigenvalue weighted by Gasteiger charge is -2.11. The fraction of sp³-hybridized carbons (Fsp3) is 0.475. The van der Waals surface area contributed by atoms with Gasteiger partial charge in [0.2, 0.25) is 0 Å². The van der Waals surface area contributed by atoms with Gasteiger partial charge in [0, 0.05) is 0 Å². The molecule has 0 aliphatic carbocycles. The first-order chi connectivity index (χ1) is 23.4. The zero-order valence-corrected chi connectivity index (χ0v) is 28.6. The highest BCUT2D eigenvalue weighted by Gasteiger charge is 2.50. The van der Waals surface area contributed by atoms with Crippen LogP contribution >= 0.6 is 0 Å². The Kier molecular flexibility index (Phi) is 15.0. The molecule has 3 aromatic carbocycles. The molecule has 0 aromatic heterocycles. The normalized spacial score (nSPS) is 15.7. The average Bonchev–Trinajstić information content (AvgIpc) is 3.90. The van der Waals surface area contributed by atoms with Gasteiger partial charge in [0.25, 0.3) is 0 Å². The van der Waals surface area contributed by atoms with Crippen LogP contribution in [0.3, 0.4) is 0 Å². The summed E-state index contributed by atoms with van der Waals surface area (Å²) in [5.74, 6) is 0.544. The largest absolute Gasteiger partial charge is 0.494 e. The van der Waals surface area contributed by atoms with E-state index in [4.69, 9.17) is 23.7 Å². The SMILES string of the molecule is CCCCCCCCOc1ccc(C(=O)Oc2ccc(C(=O)Oc3ccc(OC(=O)[C@@H]4O[C@H]4C(CC)CCCCCC)cc3)cc2)cc1. The van der Waals surface area contributed by atoms with E-state index >= 15 is 0 Å². The molecule has 8 nitrogen and oxygen atoms in total. The van der Waals surface area contributed by atoms with Crippen LogP contribution in [0.4, 0.5) is 0 Å². The molecule has 3 aromatic rings. The molecule has 1 saturated heterocycles. The van der Waals surface area contributed by atoms with Gasteiger partial charge < -0.3 is 23.7 Å². The zero-order chi connectivity index (χ0) is 34.1. The highest BCUT2D eigenvalue weighted by Crippen LogP contribution is 2.36. The van der Waals surface area contributed by atoms with E-state index in [1.807, 2.05) is 0 Å². The first-order valence-electron chi connectivity index (χ1n) is 17.7. The zero-order valence-electron chi connectivity index (χ0n) is 28.6. The second kappa shape index (κ2) is 19.6. The van der Waals surface area contributed by atoms with E-state index in [-0.39, 0.29) is 11.7 Å². The van der Waals surface area contributed by atoms with Gasteiger partial charge >= 0.3 is 17.9 Å². The summed E-state index contributed by atoms with van der Waals surface area (Å²) in [6.07, 6.45) is 13.4. The Morgan fingerprint density at radius 2 is 1.04 bits per heavy atom. The Morgan fingerprint density at radius 1 is 0.583 bits per heavy atom. The quantitative estimate of drug-likeness (QED) is 0.0483. The van der Waals surface area contributed by atoms with Crippen molar-refractivity contribution < 1.29 is 38.1 Å². The summed E-state index contributed by atoms with van der Waals surface area (Å²) in [4.78, 5) is 38.0. The molecule has 1 aliphatic heterocycles. The van der Waals surface area contributed by atoms with Crippen LogP contribution < -0.4 is 18.9 Å². The lowest BCUT2D eigenvalue weighted by atomic mass is 9.93. The third-order valence-corrected chi connectivity index (χ3v) is 8.59. The molecule has 1 heterocycles. The van der Waals surface area contributed by atoms with Crippen molar-refractivity contribution >= 4 is 17.9 Å². The van der Waals surface area contributed by atoms with Crippen LogP contribution in [0, 0.1) is 5.92 Å². The summed E-state index contributed by atoms with van der Waals surface area (Å²) in [5, 5.41) is 0. The molecule has 0 saturated carbocycles. The van der Waals surface area contributed by atoms with E-state index in [1.165, 1.54) is 69.2 Å². The topological polar surface area (TPSA) is 101 Å². The van der Waals surface area contributed by atoms with Crippen molar-refractivity contribution in [1.82, 2.24) is 0 Å². The molecule has 3 atom stereocenters. The van der Waals surface area contributed by atoms with E-state index in [1.54, 1.807) is 48.5 Å². The van der Waals surface area contributed by atoms with Gasteiger partial charge in [-0.3, -0.25) is 0 Å². The van der Waals surface area contributed by atoms with Crippen molar-refractivity contribution in [3.05, 3.63) is 83.9 Å². The fourth-order valence-corrected chi connectivity index (χ4v) is 5.61. The van der Waals surface area contributed by atoms with Gasteiger partial charge in [0.1, 0.15) is 23.0 Å². The van der Waals surface area contributed by atoms with Crippen LogP contribution in [-0.2, 0) is 9.53 Å². The minimum absolute atomic E-state index is 0.0784. The van der Waals surface area contributed by atoms with E-state index < -0.39 is 24.0 Å². The Morgan fingerprint density at radius 3 is 1.58 bits per heavy atom. The van der Waals surface area contributed by atoms with Crippen molar-refractivity contribution in [3.63, 3.8) is 0 Å². The molecule has 48 heavy (non-hydrogen) atoms. The maximum Gasteiger partial charge on any atom is 0.343 e. The van der Waals surface area contributed by atoms with Gasteiger partial charge in [-0.2, -0.15) is 0 Å². The fourth-order valence-electron chi connectivity index (χ4n) is 5.61. The second-order valence-electron chi connectivity index (χ2n) is 12.4. The maximum atomic E-state index is 12.7. The Hall–Kier alpha value is -4.17. The van der Waals surface area contributed by atoms with Gasteiger partial charge in [-0.15, -0.1) is 0 Å². The van der Waals surface area contributed by atoms with E-state index in [2.05, 4.69) is 20.8 Å². The minimum atomic E-state index is -0.576. The number of carbonyl (C=O) groups is 3. The summed E-state index contributed by atoms with van der Waals surface area (Å²) < 4.78 is 27.9. The molecule has 1 fully saturated rings. The molecule has 0 bridgehead atoms. The number of rotatable bonds is 21. The minimum Gasteiger partial charge on any atom is -0.494 e. The first kappa shape index (κ1) is 36.7. The Labute approximate surface area is 285 Å². The smallest absolute Gasteiger partial charge is 0.343 e. The molecule has 8 heteroatoms. The predicted molar refractivity (Wildman–Crippen MR) is 185 cm³/mol.